The summed E-state index contributed by atoms with van der Waals surface area (Å²) in [5.74, 6) is 0. The second-order valence-electron chi connectivity index (χ2n) is 4.75. The lowest BCUT2D eigenvalue weighted by atomic mass is 10.3. The SMILES string of the molecule is Cc1nc2ccc(Br)cn2c1CN1CCNCC1. The Morgan fingerprint density at radius 1 is 1.33 bits per heavy atom. The molecule has 2 aromatic rings. The summed E-state index contributed by atoms with van der Waals surface area (Å²) in [6, 6.07) is 4.09. The van der Waals surface area contributed by atoms with Crippen LogP contribution in [0.15, 0.2) is 22.8 Å². The number of rotatable bonds is 2. The fourth-order valence-corrected chi connectivity index (χ4v) is 2.79. The molecule has 1 fully saturated rings. The van der Waals surface area contributed by atoms with E-state index in [1.165, 1.54) is 5.69 Å². The Kier molecular flexibility index (Phi) is 3.37. The highest BCUT2D eigenvalue weighted by Crippen LogP contribution is 2.18. The molecule has 5 heteroatoms. The molecule has 1 aliphatic heterocycles. The summed E-state index contributed by atoms with van der Waals surface area (Å²) in [6.45, 7) is 7.46. The van der Waals surface area contributed by atoms with Crippen LogP contribution >= 0.6 is 15.9 Å². The van der Waals surface area contributed by atoms with Gasteiger partial charge in [-0.05, 0) is 35.0 Å². The highest BCUT2D eigenvalue weighted by Gasteiger charge is 2.15. The number of aryl methyl sites for hydroxylation is 1. The first-order valence-corrected chi connectivity index (χ1v) is 7.09. The van der Waals surface area contributed by atoms with E-state index in [0.29, 0.717) is 0 Å². The molecule has 3 heterocycles. The zero-order valence-electron chi connectivity index (χ0n) is 10.5. The lowest BCUT2D eigenvalue weighted by Crippen LogP contribution is -2.43. The molecule has 96 valence electrons. The molecular weight excluding hydrogens is 292 g/mol. The first-order valence-electron chi connectivity index (χ1n) is 6.30. The lowest BCUT2D eigenvalue weighted by Gasteiger charge is -2.27. The summed E-state index contributed by atoms with van der Waals surface area (Å²) in [5.41, 5.74) is 3.46. The molecule has 1 aliphatic rings. The Morgan fingerprint density at radius 3 is 2.89 bits per heavy atom. The number of fused-ring (bicyclic) bond motifs is 1. The van der Waals surface area contributed by atoms with E-state index in [1.54, 1.807) is 0 Å². The van der Waals surface area contributed by atoms with Crippen LogP contribution in [0.4, 0.5) is 0 Å². The van der Waals surface area contributed by atoms with Crippen LogP contribution in [0, 0.1) is 6.92 Å². The van der Waals surface area contributed by atoms with Gasteiger partial charge in [-0.25, -0.2) is 4.98 Å². The molecular formula is C13H17BrN4. The molecule has 1 N–H and O–H groups in total. The maximum absolute atomic E-state index is 4.62. The highest BCUT2D eigenvalue weighted by atomic mass is 79.9. The third-order valence-electron chi connectivity index (χ3n) is 3.46. The van der Waals surface area contributed by atoms with Gasteiger partial charge < -0.3 is 9.72 Å². The van der Waals surface area contributed by atoms with Gasteiger partial charge in [-0.1, -0.05) is 0 Å². The van der Waals surface area contributed by atoms with Crippen LogP contribution in [0.1, 0.15) is 11.4 Å². The van der Waals surface area contributed by atoms with Gasteiger partial charge in [-0.2, -0.15) is 0 Å². The van der Waals surface area contributed by atoms with Gasteiger partial charge in [0.25, 0.3) is 0 Å². The number of nitrogens with zero attached hydrogens (tertiary/aromatic N) is 3. The van der Waals surface area contributed by atoms with Crippen LogP contribution in [0.3, 0.4) is 0 Å². The van der Waals surface area contributed by atoms with Gasteiger partial charge in [0.15, 0.2) is 0 Å². The van der Waals surface area contributed by atoms with Crippen LogP contribution in [0.5, 0.6) is 0 Å². The standard InChI is InChI=1S/C13H17BrN4/c1-10-12(9-17-6-4-15-5-7-17)18-8-11(14)2-3-13(18)16-10/h2-3,8,15H,4-7,9H2,1H3. The average Bonchev–Trinajstić information content (AvgIpc) is 2.67. The smallest absolute Gasteiger partial charge is 0.137 e. The summed E-state index contributed by atoms with van der Waals surface area (Å²) in [4.78, 5) is 7.10. The molecule has 0 atom stereocenters. The van der Waals surface area contributed by atoms with Crippen LogP contribution in [-0.2, 0) is 6.54 Å². The van der Waals surface area contributed by atoms with Crippen molar-refractivity contribution in [1.29, 1.82) is 0 Å². The monoisotopic (exact) mass is 308 g/mol. The van der Waals surface area contributed by atoms with Crippen LogP contribution in [0.25, 0.3) is 5.65 Å². The second kappa shape index (κ2) is 4.99. The van der Waals surface area contributed by atoms with Crippen molar-refractivity contribution in [2.24, 2.45) is 0 Å². The van der Waals surface area contributed by atoms with E-state index in [4.69, 9.17) is 0 Å². The van der Waals surface area contributed by atoms with Crippen LogP contribution in [0.2, 0.25) is 0 Å². The van der Waals surface area contributed by atoms with Crippen LogP contribution in [-0.4, -0.2) is 40.5 Å². The van der Waals surface area contributed by atoms with Crippen molar-refractivity contribution in [2.75, 3.05) is 26.2 Å². The molecule has 0 aliphatic carbocycles. The molecule has 2 aromatic heterocycles. The molecule has 3 rings (SSSR count). The fraction of sp³-hybridized carbons (Fsp3) is 0.462. The van der Waals surface area contributed by atoms with Crippen molar-refractivity contribution in [3.63, 3.8) is 0 Å². The number of pyridine rings is 1. The number of halogens is 1. The Labute approximate surface area is 115 Å². The molecule has 0 spiro atoms. The van der Waals surface area contributed by atoms with Gasteiger partial charge in [-0.15, -0.1) is 0 Å². The third-order valence-corrected chi connectivity index (χ3v) is 3.93. The zero-order valence-corrected chi connectivity index (χ0v) is 12.1. The summed E-state index contributed by atoms with van der Waals surface area (Å²) < 4.78 is 3.29. The Bertz CT molecular complexity index is 557. The van der Waals surface area contributed by atoms with Crippen molar-refractivity contribution in [3.05, 3.63) is 34.2 Å². The topological polar surface area (TPSA) is 32.6 Å². The minimum Gasteiger partial charge on any atom is -0.314 e. The van der Waals surface area contributed by atoms with E-state index < -0.39 is 0 Å². The van der Waals surface area contributed by atoms with E-state index in [-0.39, 0.29) is 0 Å². The minimum atomic E-state index is 0.977. The summed E-state index contributed by atoms with van der Waals surface area (Å²) in [6.07, 6.45) is 2.10. The highest BCUT2D eigenvalue weighted by molar-refractivity contribution is 9.10. The fourth-order valence-electron chi connectivity index (χ4n) is 2.46. The number of nitrogens with one attached hydrogen (secondary N) is 1. The first-order chi connectivity index (χ1) is 8.74. The van der Waals surface area contributed by atoms with Gasteiger partial charge in [0.1, 0.15) is 5.65 Å². The summed E-state index contributed by atoms with van der Waals surface area (Å²) in [7, 11) is 0. The summed E-state index contributed by atoms with van der Waals surface area (Å²) >= 11 is 3.53. The minimum absolute atomic E-state index is 0.977. The van der Waals surface area contributed by atoms with Gasteiger partial charge in [0, 0.05) is 43.4 Å². The van der Waals surface area contributed by atoms with Gasteiger partial charge >= 0.3 is 0 Å². The van der Waals surface area contributed by atoms with E-state index >= 15 is 0 Å². The zero-order chi connectivity index (χ0) is 12.5. The first kappa shape index (κ1) is 12.1. The molecule has 4 nitrogen and oxygen atoms in total. The second-order valence-corrected chi connectivity index (χ2v) is 5.66. The van der Waals surface area contributed by atoms with Gasteiger partial charge in [-0.3, -0.25) is 4.90 Å². The van der Waals surface area contributed by atoms with Crippen molar-refractivity contribution in [3.8, 4) is 0 Å². The number of piperazine rings is 1. The molecule has 0 bridgehead atoms. The van der Waals surface area contributed by atoms with Gasteiger partial charge in [0.05, 0.1) is 11.4 Å². The normalized spacial score (nSPS) is 17.4. The lowest BCUT2D eigenvalue weighted by molar-refractivity contribution is 0.230. The molecule has 0 aromatic carbocycles. The maximum atomic E-state index is 4.62. The van der Waals surface area contributed by atoms with Crippen molar-refractivity contribution in [1.82, 2.24) is 19.6 Å². The number of hydrogen-bond donors (Lipinski definition) is 1. The van der Waals surface area contributed by atoms with Crippen LogP contribution < -0.4 is 5.32 Å². The molecule has 0 radical (unpaired) electrons. The largest absolute Gasteiger partial charge is 0.314 e. The molecule has 1 saturated heterocycles. The van der Waals surface area contributed by atoms with E-state index in [2.05, 4.69) is 54.7 Å². The average molecular weight is 309 g/mol. The number of imidazole rings is 1. The third kappa shape index (κ3) is 2.30. The Hall–Kier alpha value is -0.910. The molecule has 18 heavy (non-hydrogen) atoms. The maximum Gasteiger partial charge on any atom is 0.137 e. The van der Waals surface area contributed by atoms with Crippen molar-refractivity contribution < 1.29 is 0 Å². The molecule has 0 amide bonds. The number of hydrogen-bond acceptors (Lipinski definition) is 3. The Balaban J connectivity index is 1.94. The van der Waals surface area contributed by atoms with E-state index in [1.807, 2.05) is 6.07 Å². The predicted octanol–water partition coefficient (Wildman–Crippen LogP) is 1.81. The molecule has 0 unspecified atom stereocenters. The quantitative estimate of drug-likeness (QED) is 0.918. The van der Waals surface area contributed by atoms with Gasteiger partial charge in [0.2, 0.25) is 0 Å². The summed E-state index contributed by atoms with van der Waals surface area (Å²) in [5, 5.41) is 3.38. The van der Waals surface area contributed by atoms with E-state index in [0.717, 1.165) is 48.5 Å². The predicted molar refractivity (Wildman–Crippen MR) is 75.8 cm³/mol. The van der Waals surface area contributed by atoms with Crippen molar-refractivity contribution in [2.45, 2.75) is 13.5 Å². The Morgan fingerprint density at radius 2 is 2.11 bits per heavy atom. The number of aromatic nitrogens is 2. The van der Waals surface area contributed by atoms with Crippen molar-refractivity contribution >= 4 is 21.6 Å². The van der Waals surface area contributed by atoms with E-state index in [9.17, 15) is 0 Å². The molecule has 0 saturated carbocycles.